The zero-order chi connectivity index (χ0) is 15.7. The van der Waals surface area contributed by atoms with Crippen molar-refractivity contribution in [3.05, 3.63) is 23.2 Å². The number of nitrogens with one attached hydrogen (secondary N) is 1. The highest BCUT2D eigenvalue weighted by Gasteiger charge is 2.07. The van der Waals surface area contributed by atoms with E-state index in [0.29, 0.717) is 22.8 Å². The van der Waals surface area contributed by atoms with Crippen LogP contribution < -0.4 is 11.1 Å². The summed E-state index contributed by atoms with van der Waals surface area (Å²) in [4.78, 5) is 14.1. The molecule has 0 fully saturated rings. The number of carbonyl (C=O) groups excluding carboxylic acids is 1. The van der Waals surface area contributed by atoms with Crippen molar-refractivity contribution in [1.82, 2.24) is 4.90 Å². The van der Waals surface area contributed by atoms with Gasteiger partial charge in [0.2, 0.25) is 5.91 Å². The lowest BCUT2D eigenvalue weighted by atomic mass is 10.2. The number of rotatable bonds is 9. The van der Waals surface area contributed by atoms with Gasteiger partial charge in [0.05, 0.1) is 11.4 Å². The topological polar surface area (TPSA) is 78.6 Å². The van der Waals surface area contributed by atoms with Gasteiger partial charge in [0.15, 0.2) is 0 Å². The SMILES string of the molecule is CCN(CCCO)CCCC(=O)Nc1cc(Cl)ccc1N. The number of hydrogen-bond acceptors (Lipinski definition) is 4. The van der Waals surface area contributed by atoms with Crippen LogP contribution in [0.3, 0.4) is 0 Å². The van der Waals surface area contributed by atoms with Crippen molar-refractivity contribution in [3.63, 3.8) is 0 Å². The van der Waals surface area contributed by atoms with Gasteiger partial charge in [-0.15, -0.1) is 0 Å². The second kappa shape index (κ2) is 9.60. The minimum absolute atomic E-state index is 0.0674. The lowest BCUT2D eigenvalue weighted by molar-refractivity contribution is -0.116. The summed E-state index contributed by atoms with van der Waals surface area (Å²) in [5.41, 5.74) is 6.85. The van der Waals surface area contributed by atoms with E-state index in [1.165, 1.54) is 0 Å². The molecule has 6 heteroatoms. The van der Waals surface area contributed by atoms with E-state index in [1.807, 2.05) is 0 Å². The number of aliphatic hydroxyl groups is 1. The highest BCUT2D eigenvalue weighted by Crippen LogP contribution is 2.23. The van der Waals surface area contributed by atoms with Crippen molar-refractivity contribution < 1.29 is 9.90 Å². The summed E-state index contributed by atoms with van der Waals surface area (Å²) >= 11 is 5.88. The van der Waals surface area contributed by atoms with Crippen LogP contribution in [0.1, 0.15) is 26.2 Å². The van der Waals surface area contributed by atoms with Crippen LogP contribution in [0.2, 0.25) is 5.02 Å². The molecule has 0 aliphatic heterocycles. The van der Waals surface area contributed by atoms with E-state index in [4.69, 9.17) is 22.4 Å². The number of hydrogen-bond donors (Lipinski definition) is 3. The van der Waals surface area contributed by atoms with E-state index in [1.54, 1.807) is 18.2 Å². The third-order valence-corrected chi connectivity index (χ3v) is 3.48. The smallest absolute Gasteiger partial charge is 0.224 e. The fourth-order valence-corrected chi connectivity index (χ4v) is 2.21. The molecule has 0 spiro atoms. The molecule has 0 aromatic heterocycles. The maximum absolute atomic E-state index is 11.9. The van der Waals surface area contributed by atoms with Gasteiger partial charge in [-0.2, -0.15) is 0 Å². The molecule has 118 valence electrons. The van der Waals surface area contributed by atoms with Gasteiger partial charge >= 0.3 is 0 Å². The Balaban J connectivity index is 2.35. The minimum Gasteiger partial charge on any atom is -0.397 e. The first-order valence-corrected chi connectivity index (χ1v) is 7.62. The number of amides is 1. The summed E-state index contributed by atoms with van der Waals surface area (Å²) in [7, 11) is 0. The lowest BCUT2D eigenvalue weighted by Gasteiger charge is -2.19. The summed E-state index contributed by atoms with van der Waals surface area (Å²) in [6, 6.07) is 5.01. The van der Waals surface area contributed by atoms with Crippen molar-refractivity contribution >= 4 is 28.9 Å². The molecule has 21 heavy (non-hydrogen) atoms. The van der Waals surface area contributed by atoms with Crippen LogP contribution in [0.4, 0.5) is 11.4 Å². The molecule has 5 nitrogen and oxygen atoms in total. The summed E-state index contributed by atoms with van der Waals surface area (Å²) < 4.78 is 0. The Kier molecular flexibility index (Phi) is 8.12. The first kappa shape index (κ1) is 17.8. The van der Waals surface area contributed by atoms with E-state index in [-0.39, 0.29) is 12.5 Å². The number of benzene rings is 1. The molecule has 0 bridgehead atoms. The molecule has 1 aromatic rings. The zero-order valence-corrected chi connectivity index (χ0v) is 13.2. The van der Waals surface area contributed by atoms with E-state index < -0.39 is 0 Å². The second-order valence-corrected chi connectivity index (χ2v) is 5.33. The Morgan fingerprint density at radius 1 is 1.38 bits per heavy atom. The van der Waals surface area contributed by atoms with Crippen molar-refractivity contribution in [1.29, 1.82) is 0 Å². The molecule has 1 aromatic carbocycles. The molecule has 0 aliphatic carbocycles. The fourth-order valence-electron chi connectivity index (χ4n) is 2.04. The van der Waals surface area contributed by atoms with Gasteiger partial charge in [-0.1, -0.05) is 18.5 Å². The number of nitrogens with zero attached hydrogens (tertiary/aromatic N) is 1. The van der Waals surface area contributed by atoms with Crippen molar-refractivity contribution in [3.8, 4) is 0 Å². The molecule has 0 aliphatic rings. The van der Waals surface area contributed by atoms with Crippen LogP contribution in [0.5, 0.6) is 0 Å². The van der Waals surface area contributed by atoms with Crippen LogP contribution in [0.15, 0.2) is 18.2 Å². The van der Waals surface area contributed by atoms with Gasteiger partial charge < -0.3 is 21.1 Å². The summed E-state index contributed by atoms with van der Waals surface area (Å²) in [5.74, 6) is -0.0674. The summed E-state index contributed by atoms with van der Waals surface area (Å²) in [6.45, 7) is 4.89. The molecular weight excluding hydrogens is 290 g/mol. The normalized spacial score (nSPS) is 10.9. The third kappa shape index (κ3) is 6.80. The molecule has 0 atom stereocenters. The Hall–Kier alpha value is -1.30. The molecule has 0 radical (unpaired) electrons. The van der Waals surface area contributed by atoms with E-state index >= 15 is 0 Å². The van der Waals surface area contributed by atoms with Gasteiger partial charge in [-0.05, 0) is 44.1 Å². The van der Waals surface area contributed by atoms with Crippen LogP contribution >= 0.6 is 11.6 Å². The van der Waals surface area contributed by atoms with Gasteiger partial charge in [-0.25, -0.2) is 0 Å². The summed E-state index contributed by atoms with van der Waals surface area (Å²) in [5, 5.41) is 12.1. The van der Waals surface area contributed by atoms with Crippen LogP contribution in [0.25, 0.3) is 0 Å². The number of nitrogen functional groups attached to an aromatic ring is 1. The zero-order valence-electron chi connectivity index (χ0n) is 12.4. The molecule has 1 amide bonds. The van der Waals surface area contributed by atoms with Crippen LogP contribution in [0, 0.1) is 0 Å². The predicted molar refractivity (Wildman–Crippen MR) is 87.5 cm³/mol. The quantitative estimate of drug-likeness (QED) is 0.611. The van der Waals surface area contributed by atoms with E-state index in [9.17, 15) is 4.79 Å². The van der Waals surface area contributed by atoms with Gasteiger partial charge in [-0.3, -0.25) is 4.79 Å². The molecule has 0 heterocycles. The monoisotopic (exact) mass is 313 g/mol. The molecule has 4 N–H and O–H groups in total. The number of carbonyl (C=O) groups is 1. The number of halogens is 1. The van der Waals surface area contributed by atoms with Gasteiger partial charge in [0.1, 0.15) is 0 Å². The fraction of sp³-hybridized carbons (Fsp3) is 0.533. The first-order valence-electron chi connectivity index (χ1n) is 7.25. The van der Waals surface area contributed by atoms with Gasteiger partial charge in [0.25, 0.3) is 0 Å². The summed E-state index contributed by atoms with van der Waals surface area (Å²) in [6.07, 6.45) is 1.96. The molecular formula is C15H24ClN3O2. The number of nitrogens with two attached hydrogens (primary N) is 1. The first-order chi connectivity index (χ1) is 10.1. The minimum atomic E-state index is -0.0674. The molecule has 0 saturated heterocycles. The Morgan fingerprint density at radius 2 is 2.10 bits per heavy atom. The molecule has 0 unspecified atom stereocenters. The number of anilines is 2. The van der Waals surface area contributed by atoms with Crippen LogP contribution in [-0.2, 0) is 4.79 Å². The maximum Gasteiger partial charge on any atom is 0.224 e. The van der Waals surface area contributed by atoms with E-state index in [2.05, 4.69) is 17.1 Å². The Bertz CT molecular complexity index is 455. The largest absolute Gasteiger partial charge is 0.397 e. The Labute approximate surface area is 131 Å². The standard InChI is InChI=1S/C15H24ClN3O2/c1-2-19(9-4-10-20)8-3-5-15(21)18-14-11-12(16)6-7-13(14)17/h6-7,11,20H,2-5,8-10,17H2,1H3,(H,18,21). The molecule has 1 rings (SSSR count). The van der Waals surface area contributed by atoms with Crippen LogP contribution in [-0.4, -0.2) is 42.2 Å². The van der Waals surface area contributed by atoms with Crippen molar-refractivity contribution in [2.45, 2.75) is 26.2 Å². The highest BCUT2D eigenvalue weighted by atomic mass is 35.5. The second-order valence-electron chi connectivity index (χ2n) is 4.89. The van der Waals surface area contributed by atoms with E-state index in [0.717, 1.165) is 32.5 Å². The van der Waals surface area contributed by atoms with Gasteiger partial charge in [0, 0.05) is 24.6 Å². The maximum atomic E-state index is 11.9. The number of aliphatic hydroxyl groups excluding tert-OH is 1. The highest BCUT2D eigenvalue weighted by molar-refractivity contribution is 6.31. The molecule has 0 saturated carbocycles. The third-order valence-electron chi connectivity index (χ3n) is 3.25. The van der Waals surface area contributed by atoms with Crippen molar-refractivity contribution in [2.24, 2.45) is 0 Å². The average Bonchev–Trinajstić information content (AvgIpc) is 2.46. The Morgan fingerprint density at radius 3 is 2.76 bits per heavy atom. The predicted octanol–water partition coefficient (Wildman–Crippen LogP) is 2.35. The lowest BCUT2D eigenvalue weighted by Crippen LogP contribution is -2.27. The average molecular weight is 314 g/mol. The van der Waals surface area contributed by atoms with Crippen molar-refractivity contribution in [2.75, 3.05) is 37.3 Å².